The maximum absolute atomic E-state index is 5.78. The minimum atomic E-state index is 0.181. The Morgan fingerprint density at radius 1 is 0.636 bits per heavy atom. The Morgan fingerprint density at radius 3 is 1.48 bits per heavy atom. The Labute approximate surface area is 205 Å². The van der Waals surface area contributed by atoms with E-state index in [0.29, 0.717) is 6.10 Å². The second kappa shape index (κ2) is 16.4. The number of piperazine rings is 2. The normalized spacial score (nSPS) is 20.2. The maximum atomic E-state index is 5.78. The van der Waals surface area contributed by atoms with Crippen molar-refractivity contribution in [2.45, 2.75) is 65.5 Å². The molecule has 0 aromatic carbocycles. The van der Waals surface area contributed by atoms with Crippen molar-refractivity contribution in [3.8, 4) is 0 Å². The Morgan fingerprint density at radius 2 is 1.06 bits per heavy atom. The lowest BCUT2D eigenvalue weighted by molar-refractivity contribution is 0.0629. The zero-order chi connectivity index (χ0) is 23.9. The minimum absolute atomic E-state index is 0.181. The molecule has 2 heterocycles. The van der Waals surface area contributed by atoms with Crippen LogP contribution in [-0.4, -0.2) is 136 Å². The van der Waals surface area contributed by atoms with Crippen molar-refractivity contribution in [3.63, 3.8) is 0 Å². The van der Waals surface area contributed by atoms with Crippen LogP contribution in [0.25, 0.3) is 0 Å². The molecule has 0 aromatic heterocycles. The molecule has 0 atom stereocenters. The van der Waals surface area contributed by atoms with E-state index in [1.165, 1.54) is 85.0 Å². The summed E-state index contributed by atoms with van der Waals surface area (Å²) in [7, 11) is 0. The van der Waals surface area contributed by atoms with E-state index < -0.39 is 0 Å². The molecule has 0 unspecified atom stereocenters. The van der Waals surface area contributed by atoms with Crippen LogP contribution in [0.3, 0.4) is 0 Å². The van der Waals surface area contributed by atoms with E-state index >= 15 is 0 Å². The van der Waals surface area contributed by atoms with Gasteiger partial charge in [-0.2, -0.15) is 0 Å². The Bertz CT molecular complexity index is 470. The van der Waals surface area contributed by atoms with Crippen LogP contribution in [0.1, 0.15) is 53.9 Å². The molecule has 2 saturated heterocycles. The number of nitrogens with one attached hydrogen (secondary N) is 1. The van der Waals surface area contributed by atoms with Crippen molar-refractivity contribution in [2.24, 2.45) is 0 Å². The molecule has 7 nitrogen and oxygen atoms in total. The molecular formula is C26H55N5O2. The molecule has 2 aliphatic rings. The first-order valence-corrected chi connectivity index (χ1v) is 13.7. The SMILES string of the molecule is CC(C)OCCCN1CCN(CCCN2CCN(CCCOCCNC(C)(C)C)CC2)CC1. The van der Waals surface area contributed by atoms with Gasteiger partial charge in [-0.3, -0.25) is 0 Å². The highest BCUT2D eigenvalue weighted by molar-refractivity contribution is 4.75. The molecule has 0 amide bonds. The summed E-state index contributed by atoms with van der Waals surface area (Å²) in [5.41, 5.74) is 0.181. The van der Waals surface area contributed by atoms with Crippen molar-refractivity contribution in [1.29, 1.82) is 0 Å². The van der Waals surface area contributed by atoms with E-state index in [0.717, 1.165) is 39.2 Å². The molecule has 0 radical (unpaired) electrons. The molecular weight excluding hydrogens is 414 g/mol. The number of ether oxygens (including phenoxy) is 2. The standard InChI is InChI=1S/C26H55N5O2/c1-25(2)33-23-8-13-31-20-16-29(17-21-31)11-6-10-28-14-18-30(19-15-28)12-7-22-32-24-9-27-26(3,4)5/h25,27H,6-24H2,1-5H3. The molecule has 0 spiro atoms. The van der Waals surface area contributed by atoms with Crippen LogP contribution in [-0.2, 0) is 9.47 Å². The highest BCUT2D eigenvalue weighted by atomic mass is 16.5. The number of nitrogens with zero attached hydrogens (tertiary/aromatic N) is 4. The minimum Gasteiger partial charge on any atom is -0.380 e. The smallest absolute Gasteiger partial charge is 0.0591 e. The highest BCUT2D eigenvalue weighted by Crippen LogP contribution is 2.07. The van der Waals surface area contributed by atoms with Crippen LogP contribution in [0, 0.1) is 0 Å². The van der Waals surface area contributed by atoms with Crippen LogP contribution in [0.2, 0.25) is 0 Å². The third kappa shape index (κ3) is 14.7. The summed E-state index contributed by atoms with van der Waals surface area (Å²) >= 11 is 0. The highest BCUT2D eigenvalue weighted by Gasteiger charge is 2.18. The molecule has 0 aromatic rings. The molecule has 2 rings (SSSR count). The van der Waals surface area contributed by atoms with Crippen molar-refractivity contribution in [1.82, 2.24) is 24.9 Å². The molecule has 2 fully saturated rings. The van der Waals surface area contributed by atoms with Gasteiger partial charge < -0.3 is 34.4 Å². The molecule has 0 bridgehead atoms. The third-order valence-corrected chi connectivity index (χ3v) is 6.61. The lowest BCUT2D eigenvalue weighted by atomic mass is 10.1. The van der Waals surface area contributed by atoms with Crippen molar-refractivity contribution >= 4 is 0 Å². The van der Waals surface area contributed by atoms with Gasteiger partial charge in [0.15, 0.2) is 0 Å². The summed E-state index contributed by atoms with van der Waals surface area (Å²) in [6, 6.07) is 0. The molecule has 33 heavy (non-hydrogen) atoms. The van der Waals surface area contributed by atoms with Crippen LogP contribution in [0.15, 0.2) is 0 Å². The van der Waals surface area contributed by atoms with E-state index in [4.69, 9.17) is 9.47 Å². The Hall–Kier alpha value is -0.280. The lowest BCUT2D eigenvalue weighted by Crippen LogP contribution is -2.49. The largest absolute Gasteiger partial charge is 0.380 e. The molecule has 0 aliphatic carbocycles. The summed E-state index contributed by atoms with van der Waals surface area (Å²) < 4.78 is 11.4. The fourth-order valence-electron chi connectivity index (χ4n) is 4.59. The third-order valence-electron chi connectivity index (χ3n) is 6.61. The first-order valence-electron chi connectivity index (χ1n) is 13.7. The maximum Gasteiger partial charge on any atom is 0.0591 e. The van der Waals surface area contributed by atoms with Gasteiger partial charge in [-0.1, -0.05) is 0 Å². The van der Waals surface area contributed by atoms with Crippen LogP contribution in [0.4, 0.5) is 0 Å². The number of hydrogen-bond donors (Lipinski definition) is 1. The second-order valence-corrected chi connectivity index (χ2v) is 11.1. The van der Waals surface area contributed by atoms with Gasteiger partial charge in [0, 0.05) is 90.7 Å². The Kier molecular flexibility index (Phi) is 14.4. The van der Waals surface area contributed by atoms with Crippen LogP contribution in [0.5, 0.6) is 0 Å². The zero-order valence-corrected chi connectivity index (χ0v) is 22.6. The van der Waals surface area contributed by atoms with E-state index in [9.17, 15) is 0 Å². The lowest BCUT2D eigenvalue weighted by Gasteiger charge is -2.36. The van der Waals surface area contributed by atoms with Crippen molar-refractivity contribution in [2.75, 3.05) is 105 Å². The topological polar surface area (TPSA) is 43.5 Å². The van der Waals surface area contributed by atoms with Gasteiger partial charge in [0.1, 0.15) is 0 Å². The predicted molar refractivity (Wildman–Crippen MR) is 139 cm³/mol. The van der Waals surface area contributed by atoms with Crippen LogP contribution < -0.4 is 5.32 Å². The molecule has 196 valence electrons. The average molecular weight is 470 g/mol. The van der Waals surface area contributed by atoms with Gasteiger partial charge in [0.2, 0.25) is 0 Å². The van der Waals surface area contributed by atoms with E-state index in [2.05, 4.69) is 59.5 Å². The van der Waals surface area contributed by atoms with Gasteiger partial charge in [0.05, 0.1) is 12.7 Å². The average Bonchev–Trinajstić information content (AvgIpc) is 2.77. The fourth-order valence-corrected chi connectivity index (χ4v) is 4.59. The first-order chi connectivity index (χ1) is 15.8. The van der Waals surface area contributed by atoms with E-state index in [1.807, 2.05) is 0 Å². The van der Waals surface area contributed by atoms with Gasteiger partial charge in [-0.15, -0.1) is 0 Å². The fraction of sp³-hybridized carbons (Fsp3) is 1.00. The molecule has 2 aliphatic heterocycles. The number of hydrogen-bond acceptors (Lipinski definition) is 7. The molecule has 7 heteroatoms. The van der Waals surface area contributed by atoms with Gasteiger partial charge in [0.25, 0.3) is 0 Å². The second-order valence-electron chi connectivity index (χ2n) is 11.1. The van der Waals surface area contributed by atoms with E-state index in [-0.39, 0.29) is 5.54 Å². The summed E-state index contributed by atoms with van der Waals surface area (Å²) in [5.74, 6) is 0. The van der Waals surface area contributed by atoms with Gasteiger partial charge in [-0.25, -0.2) is 0 Å². The number of rotatable bonds is 16. The molecule has 0 saturated carbocycles. The quantitative estimate of drug-likeness (QED) is 0.348. The first kappa shape index (κ1) is 29.0. The summed E-state index contributed by atoms with van der Waals surface area (Å²) in [4.78, 5) is 10.5. The van der Waals surface area contributed by atoms with Gasteiger partial charge >= 0.3 is 0 Å². The summed E-state index contributed by atoms with van der Waals surface area (Å²) in [6.07, 6.45) is 3.97. The summed E-state index contributed by atoms with van der Waals surface area (Å²) in [6.45, 7) is 29.0. The summed E-state index contributed by atoms with van der Waals surface area (Å²) in [5, 5.41) is 3.47. The Balaban J connectivity index is 1.40. The van der Waals surface area contributed by atoms with Gasteiger partial charge in [-0.05, 0) is 67.0 Å². The van der Waals surface area contributed by atoms with Crippen molar-refractivity contribution in [3.05, 3.63) is 0 Å². The van der Waals surface area contributed by atoms with Crippen molar-refractivity contribution < 1.29 is 9.47 Å². The predicted octanol–water partition coefficient (Wildman–Crippen LogP) is 2.22. The molecule has 1 N–H and O–H groups in total. The monoisotopic (exact) mass is 469 g/mol. The van der Waals surface area contributed by atoms with Crippen LogP contribution >= 0.6 is 0 Å². The van der Waals surface area contributed by atoms with E-state index in [1.54, 1.807) is 0 Å². The zero-order valence-electron chi connectivity index (χ0n) is 22.6.